The van der Waals surface area contributed by atoms with Gasteiger partial charge in [0.25, 0.3) is 5.91 Å². The van der Waals surface area contributed by atoms with E-state index in [0.29, 0.717) is 5.69 Å². The lowest BCUT2D eigenvalue weighted by molar-refractivity contribution is 0.102. The standard InChI is InChI=1S/C23H25N3O2/c1-16-7-8-20(13-17(16)2)26-23(27)22-15-19(10-12-25-22)24-11-9-18-5-4-6-21(14-18)28-3/h4-8,10,12-15H,9,11H2,1-3H3,(H,24,25)(H,26,27). The summed E-state index contributed by atoms with van der Waals surface area (Å²) in [6.45, 7) is 4.81. The number of methoxy groups -OCH3 is 1. The van der Waals surface area contributed by atoms with Crippen molar-refractivity contribution in [3.63, 3.8) is 0 Å². The number of nitrogens with zero attached hydrogens (tertiary/aromatic N) is 1. The molecule has 1 heterocycles. The van der Waals surface area contributed by atoms with Crippen LogP contribution in [-0.2, 0) is 6.42 Å². The third kappa shape index (κ3) is 5.10. The number of rotatable bonds is 7. The van der Waals surface area contributed by atoms with Crippen LogP contribution in [0.15, 0.2) is 60.8 Å². The Bertz CT molecular complexity index is 970. The maximum Gasteiger partial charge on any atom is 0.274 e. The number of hydrogen-bond donors (Lipinski definition) is 2. The molecular weight excluding hydrogens is 350 g/mol. The smallest absolute Gasteiger partial charge is 0.274 e. The van der Waals surface area contributed by atoms with Gasteiger partial charge in [0.15, 0.2) is 0 Å². The van der Waals surface area contributed by atoms with Crippen LogP contribution in [0.5, 0.6) is 5.75 Å². The number of nitrogens with one attached hydrogen (secondary N) is 2. The SMILES string of the molecule is COc1cccc(CCNc2ccnc(C(=O)Nc3ccc(C)c(C)c3)c2)c1. The fourth-order valence-electron chi connectivity index (χ4n) is 2.86. The Morgan fingerprint density at radius 1 is 1.00 bits per heavy atom. The minimum absolute atomic E-state index is 0.223. The van der Waals surface area contributed by atoms with E-state index in [-0.39, 0.29) is 5.91 Å². The number of hydrogen-bond acceptors (Lipinski definition) is 4. The van der Waals surface area contributed by atoms with Gasteiger partial charge in [0.2, 0.25) is 0 Å². The van der Waals surface area contributed by atoms with E-state index in [2.05, 4.69) is 21.7 Å². The largest absolute Gasteiger partial charge is 0.497 e. The topological polar surface area (TPSA) is 63.2 Å². The first-order chi connectivity index (χ1) is 13.5. The van der Waals surface area contributed by atoms with E-state index >= 15 is 0 Å². The number of carbonyl (C=O) groups excluding carboxylic acids is 1. The molecule has 0 unspecified atom stereocenters. The second-order valence-electron chi connectivity index (χ2n) is 6.71. The number of ether oxygens (including phenoxy) is 1. The average molecular weight is 375 g/mol. The van der Waals surface area contributed by atoms with Crippen LogP contribution in [0.2, 0.25) is 0 Å². The van der Waals surface area contributed by atoms with Crippen molar-refractivity contribution in [2.75, 3.05) is 24.3 Å². The molecule has 3 aromatic rings. The minimum atomic E-state index is -0.223. The number of aromatic nitrogens is 1. The lowest BCUT2D eigenvalue weighted by atomic mass is 10.1. The van der Waals surface area contributed by atoms with Crippen molar-refractivity contribution in [1.82, 2.24) is 4.98 Å². The molecule has 1 aromatic heterocycles. The van der Waals surface area contributed by atoms with Gasteiger partial charge in [-0.15, -0.1) is 0 Å². The molecule has 0 bridgehead atoms. The predicted molar refractivity (Wildman–Crippen MR) is 113 cm³/mol. The minimum Gasteiger partial charge on any atom is -0.497 e. The highest BCUT2D eigenvalue weighted by atomic mass is 16.5. The summed E-state index contributed by atoms with van der Waals surface area (Å²) in [6.07, 6.45) is 2.49. The van der Waals surface area contributed by atoms with Crippen LogP contribution in [0.3, 0.4) is 0 Å². The summed E-state index contributed by atoms with van der Waals surface area (Å²) in [4.78, 5) is 16.7. The summed E-state index contributed by atoms with van der Waals surface area (Å²) in [7, 11) is 1.67. The molecule has 0 spiro atoms. The molecule has 0 aliphatic rings. The van der Waals surface area contributed by atoms with E-state index in [4.69, 9.17) is 4.74 Å². The van der Waals surface area contributed by atoms with Crippen molar-refractivity contribution in [3.8, 4) is 5.75 Å². The van der Waals surface area contributed by atoms with E-state index in [0.717, 1.165) is 35.7 Å². The van der Waals surface area contributed by atoms with E-state index in [1.165, 1.54) is 11.1 Å². The summed E-state index contributed by atoms with van der Waals surface area (Å²) >= 11 is 0. The number of amides is 1. The molecule has 0 aliphatic carbocycles. The van der Waals surface area contributed by atoms with Crippen molar-refractivity contribution >= 4 is 17.3 Å². The van der Waals surface area contributed by atoms with Gasteiger partial charge in [-0.1, -0.05) is 18.2 Å². The molecule has 0 saturated carbocycles. The third-order valence-corrected chi connectivity index (χ3v) is 4.63. The van der Waals surface area contributed by atoms with Gasteiger partial charge >= 0.3 is 0 Å². The van der Waals surface area contributed by atoms with Crippen molar-refractivity contribution < 1.29 is 9.53 Å². The first kappa shape index (κ1) is 19.4. The molecule has 2 N–H and O–H groups in total. The third-order valence-electron chi connectivity index (χ3n) is 4.63. The Labute approximate surface area is 165 Å². The van der Waals surface area contributed by atoms with E-state index in [1.54, 1.807) is 19.4 Å². The molecule has 5 heteroatoms. The van der Waals surface area contributed by atoms with Gasteiger partial charge in [0.05, 0.1) is 7.11 Å². The van der Waals surface area contributed by atoms with Gasteiger partial charge in [0, 0.05) is 24.1 Å². The van der Waals surface area contributed by atoms with E-state index in [1.807, 2.05) is 56.3 Å². The lowest BCUT2D eigenvalue weighted by Crippen LogP contribution is -2.14. The zero-order valence-corrected chi connectivity index (χ0v) is 16.5. The van der Waals surface area contributed by atoms with Crippen LogP contribution < -0.4 is 15.4 Å². The highest BCUT2D eigenvalue weighted by Crippen LogP contribution is 2.16. The highest BCUT2D eigenvalue weighted by molar-refractivity contribution is 6.03. The Balaban J connectivity index is 1.59. The Morgan fingerprint density at radius 3 is 2.64 bits per heavy atom. The van der Waals surface area contributed by atoms with Crippen LogP contribution in [-0.4, -0.2) is 24.5 Å². The number of aryl methyl sites for hydroxylation is 2. The first-order valence-electron chi connectivity index (χ1n) is 9.26. The van der Waals surface area contributed by atoms with Crippen molar-refractivity contribution in [1.29, 1.82) is 0 Å². The van der Waals surface area contributed by atoms with Crippen LogP contribution in [0, 0.1) is 13.8 Å². The normalized spacial score (nSPS) is 10.4. The van der Waals surface area contributed by atoms with Crippen molar-refractivity contribution in [3.05, 3.63) is 83.2 Å². The Morgan fingerprint density at radius 2 is 1.86 bits per heavy atom. The molecule has 0 aliphatic heterocycles. The fourth-order valence-corrected chi connectivity index (χ4v) is 2.86. The average Bonchev–Trinajstić information content (AvgIpc) is 2.71. The Hall–Kier alpha value is -3.34. The van der Waals surface area contributed by atoms with Gasteiger partial charge in [-0.2, -0.15) is 0 Å². The molecule has 0 atom stereocenters. The molecule has 28 heavy (non-hydrogen) atoms. The van der Waals surface area contributed by atoms with Crippen LogP contribution >= 0.6 is 0 Å². The number of benzene rings is 2. The van der Waals surface area contributed by atoms with Gasteiger partial charge in [-0.3, -0.25) is 9.78 Å². The molecule has 0 saturated heterocycles. The van der Waals surface area contributed by atoms with Gasteiger partial charge in [-0.05, 0) is 73.4 Å². The second-order valence-corrected chi connectivity index (χ2v) is 6.71. The summed E-state index contributed by atoms with van der Waals surface area (Å²) in [5, 5.41) is 6.25. The predicted octanol–water partition coefficient (Wildman–Crippen LogP) is 4.61. The molecule has 3 rings (SSSR count). The van der Waals surface area contributed by atoms with Crippen LogP contribution in [0.25, 0.3) is 0 Å². The second kappa shape index (κ2) is 9.04. The summed E-state index contributed by atoms with van der Waals surface area (Å²) in [5.41, 5.74) is 5.53. The van der Waals surface area contributed by atoms with E-state index < -0.39 is 0 Å². The highest BCUT2D eigenvalue weighted by Gasteiger charge is 2.09. The fraction of sp³-hybridized carbons (Fsp3) is 0.217. The Kier molecular flexibility index (Phi) is 6.27. The van der Waals surface area contributed by atoms with Gasteiger partial charge < -0.3 is 15.4 Å². The van der Waals surface area contributed by atoms with Crippen LogP contribution in [0.4, 0.5) is 11.4 Å². The number of pyridine rings is 1. The first-order valence-corrected chi connectivity index (χ1v) is 9.26. The molecule has 144 valence electrons. The van der Waals surface area contributed by atoms with Crippen LogP contribution in [0.1, 0.15) is 27.2 Å². The summed E-state index contributed by atoms with van der Waals surface area (Å²) < 4.78 is 5.25. The summed E-state index contributed by atoms with van der Waals surface area (Å²) in [5.74, 6) is 0.631. The number of carbonyl (C=O) groups is 1. The maximum atomic E-state index is 12.5. The molecule has 2 aromatic carbocycles. The lowest BCUT2D eigenvalue weighted by Gasteiger charge is -2.10. The zero-order chi connectivity index (χ0) is 19.9. The van der Waals surface area contributed by atoms with Gasteiger partial charge in [-0.25, -0.2) is 0 Å². The quantitative estimate of drug-likeness (QED) is 0.633. The van der Waals surface area contributed by atoms with Crippen molar-refractivity contribution in [2.24, 2.45) is 0 Å². The van der Waals surface area contributed by atoms with E-state index in [9.17, 15) is 4.79 Å². The zero-order valence-electron chi connectivity index (χ0n) is 16.5. The molecule has 1 amide bonds. The molecule has 0 fully saturated rings. The molecule has 0 radical (unpaired) electrons. The monoisotopic (exact) mass is 375 g/mol. The summed E-state index contributed by atoms with van der Waals surface area (Å²) in [6, 6.07) is 17.5. The van der Waals surface area contributed by atoms with Crippen molar-refractivity contribution in [2.45, 2.75) is 20.3 Å². The molecular formula is C23H25N3O2. The van der Waals surface area contributed by atoms with Gasteiger partial charge in [0.1, 0.15) is 11.4 Å². The number of anilines is 2. The molecule has 5 nitrogen and oxygen atoms in total. The maximum absolute atomic E-state index is 12.5.